The Kier molecular flexibility index (Phi) is 5.62. The first-order valence-corrected chi connectivity index (χ1v) is 9.30. The maximum Gasteiger partial charge on any atom is 0.261 e. The van der Waals surface area contributed by atoms with Gasteiger partial charge in [-0.15, -0.1) is 0 Å². The van der Waals surface area contributed by atoms with Gasteiger partial charge in [-0.05, 0) is 67.8 Å². The van der Waals surface area contributed by atoms with E-state index in [0.717, 1.165) is 17.5 Å². The molecule has 2 N–H and O–H groups in total. The third-order valence-corrected chi connectivity index (χ3v) is 5.12. The molecule has 0 unspecified atom stereocenters. The molecule has 0 aromatic heterocycles. The second-order valence-electron chi connectivity index (χ2n) is 5.68. The van der Waals surface area contributed by atoms with Crippen LogP contribution in [0.1, 0.15) is 34.8 Å². The van der Waals surface area contributed by atoms with Gasteiger partial charge in [0.2, 0.25) is 0 Å². The summed E-state index contributed by atoms with van der Waals surface area (Å²) in [6.45, 7) is 6.45. The highest BCUT2D eigenvalue weighted by atomic mass is 32.2. The fraction of sp³-hybridized carbons (Fsp3) is 0.278. The van der Waals surface area contributed by atoms with Gasteiger partial charge in [0.05, 0.1) is 4.90 Å². The maximum atomic E-state index is 12.4. The fourth-order valence-corrected chi connectivity index (χ4v) is 3.19. The number of nitrogens with one attached hydrogen (secondary N) is 2. The van der Waals surface area contributed by atoms with E-state index in [9.17, 15) is 13.2 Å². The molecule has 0 saturated carbocycles. The number of carbonyl (C=O) groups is 1. The number of anilines is 1. The molecule has 24 heavy (non-hydrogen) atoms. The molecule has 2 aromatic rings. The van der Waals surface area contributed by atoms with Gasteiger partial charge in [-0.25, -0.2) is 8.42 Å². The van der Waals surface area contributed by atoms with Gasteiger partial charge in [0.25, 0.3) is 15.9 Å². The summed E-state index contributed by atoms with van der Waals surface area (Å²) >= 11 is 0. The van der Waals surface area contributed by atoms with Crippen LogP contribution in [0.3, 0.4) is 0 Å². The Morgan fingerprint density at radius 2 is 1.67 bits per heavy atom. The van der Waals surface area contributed by atoms with Gasteiger partial charge in [0, 0.05) is 17.8 Å². The first kappa shape index (κ1) is 18.0. The molecule has 0 heterocycles. The molecule has 0 bridgehead atoms. The molecule has 0 aliphatic heterocycles. The zero-order valence-corrected chi connectivity index (χ0v) is 14.9. The van der Waals surface area contributed by atoms with Crippen LogP contribution in [-0.2, 0) is 10.0 Å². The van der Waals surface area contributed by atoms with Crippen molar-refractivity contribution in [3.8, 4) is 0 Å². The molecule has 1 amide bonds. The van der Waals surface area contributed by atoms with Crippen molar-refractivity contribution in [2.45, 2.75) is 32.1 Å². The van der Waals surface area contributed by atoms with Crippen molar-refractivity contribution in [2.24, 2.45) is 0 Å². The number of hydrogen-bond acceptors (Lipinski definition) is 3. The first-order chi connectivity index (χ1) is 11.3. The lowest BCUT2D eigenvalue weighted by molar-refractivity contribution is 0.0953. The first-order valence-electron chi connectivity index (χ1n) is 7.82. The van der Waals surface area contributed by atoms with Crippen molar-refractivity contribution >= 4 is 21.6 Å². The second-order valence-corrected chi connectivity index (χ2v) is 7.37. The highest BCUT2D eigenvalue weighted by Gasteiger charge is 2.15. The summed E-state index contributed by atoms with van der Waals surface area (Å²) < 4.78 is 27.4. The number of aryl methyl sites for hydroxylation is 2. The molecule has 128 valence electrons. The van der Waals surface area contributed by atoms with Crippen LogP contribution in [0.5, 0.6) is 0 Å². The average Bonchev–Trinajstić information content (AvgIpc) is 2.56. The topological polar surface area (TPSA) is 75.3 Å². The summed E-state index contributed by atoms with van der Waals surface area (Å²) in [6, 6.07) is 11.3. The lowest BCUT2D eigenvalue weighted by atomic mass is 10.1. The van der Waals surface area contributed by atoms with Crippen molar-refractivity contribution < 1.29 is 13.2 Å². The number of carbonyl (C=O) groups excluding carboxylic acids is 1. The molecule has 2 aromatic carbocycles. The molecule has 0 aliphatic rings. The number of amides is 1. The van der Waals surface area contributed by atoms with Gasteiger partial charge in [0.1, 0.15) is 0 Å². The largest absolute Gasteiger partial charge is 0.352 e. The second kappa shape index (κ2) is 7.49. The third-order valence-electron chi connectivity index (χ3n) is 3.72. The molecular formula is C18H22N2O3S. The minimum atomic E-state index is -3.68. The van der Waals surface area contributed by atoms with Crippen LogP contribution in [0.4, 0.5) is 5.69 Å². The summed E-state index contributed by atoms with van der Waals surface area (Å²) in [5, 5.41) is 2.75. The van der Waals surface area contributed by atoms with Gasteiger partial charge in [-0.3, -0.25) is 9.52 Å². The average molecular weight is 346 g/mol. The SMILES string of the molecule is CCCNC(=O)c1ccc(S(=O)(=O)Nc2ccc(C)c(C)c2)cc1. The van der Waals surface area contributed by atoms with E-state index < -0.39 is 10.0 Å². The van der Waals surface area contributed by atoms with Crippen LogP contribution in [0.15, 0.2) is 47.4 Å². The lowest BCUT2D eigenvalue weighted by Gasteiger charge is -2.10. The van der Waals surface area contributed by atoms with Gasteiger partial charge in [-0.2, -0.15) is 0 Å². The Labute approximate surface area is 143 Å². The Bertz CT molecular complexity index is 828. The number of sulfonamides is 1. The fourth-order valence-electron chi connectivity index (χ4n) is 2.15. The van der Waals surface area contributed by atoms with Crippen LogP contribution in [0, 0.1) is 13.8 Å². The summed E-state index contributed by atoms with van der Waals surface area (Å²) in [7, 11) is -3.68. The van der Waals surface area contributed by atoms with E-state index in [1.807, 2.05) is 26.8 Å². The van der Waals surface area contributed by atoms with Crippen molar-refractivity contribution in [3.05, 3.63) is 59.2 Å². The summed E-state index contributed by atoms with van der Waals surface area (Å²) in [5.41, 5.74) is 3.06. The zero-order valence-electron chi connectivity index (χ0n) is 14.1. The van der Waals surface area contributed by atoms with E-state index in [0.29, 0.717) is 17.8 Å². The molecule has 0 spiro atoms. The lowest BCUT2D eigenvalue weighted by Crippen LogP contribution is -2.24. The van der Waals surface area contributed by atoms with E-state index in [-0.39, 0.29) is 10.8 Å². The zero-order chi connectivity index (χ0) is 17.7. The molecule has 0 saturated heterocycles. The van der Waals surface area contributed by atoms with Crippen LogP contribution < -0.4 is 10.0 Å². The van der Waals surface area contributed by atoms with E-state index in [1.54, 1.807) is 12.1 Å². The van der Waals surface area contributed by atoms with Crippen molar-refractivity contribution in [1.82, 2.24) is 5.32 Å². The highest BCUT2D eigenvalue weighted by Crippen LogP contribution is 2.19. The molecule has 5 nitrogen and oxygen atoms in total. The highest BCUT2D eigenvalue weighted by molar-refractivity contribution is 7.92. The summed E-state index contributed by atoms with van der Waals surface area (Å²) in [6.07, 6.45) is 0.845. The predicted octanol–water partition coefficient (Wildman–Crippen LogP) is 3.24. The van der Waals surface area contributed by atoms with Crippen LogP contribution in [0.2, 0.25) is 0 Å². The minimum absolute atomic E-state index is 0.118. The van der Waals surface area contributed by atoms with E-state index in [2.05, 4.69) is 10.0 Å². The van der Waals surface area contributed by atoms with Crippen molar-refractivity contribution in [3.63, 3.8) is 0 Å². The van der Waals surface area contributed by atoms with Crippen molar-refractivity contribution in [1.29, 1.82) is 0 Å². The van der Waals surface area contributed by atoms with E-state index >= 15 is 0 Å². The normalized spacial score (nSPS) is 11.1. The van der Waals surface area contributed by atoms with Gasteiger partial charge >= 0.3 is 0 Å². The summed E-state index contributed by atoms with van der Waals surface area (Å²) in [5.74, 6) is -0.206. The Morgan fingerprint density at radius 3 is 2.25 bits per heavy atom. The number of hydrogen-bond donors (Lipinski definition) is 2. The monoisotopic (exact) mass is 346 g/mol. The smallest absolute Gasteiger partial charge is 0.261 e. The van der Waals surface area contributed by atoms with E-state index in [1.165, 1.54) is 24.3 Å². The summed E-state index contributed by atoms with van der Waals surface area (Å²) in [4.78, 5) is 12.0. The van der Waals surface area contributed by atoms with Crippen LogP contribution in [0.25, 0.3) is 0 Å². The molecule has 0 fully saturated rings. The van der Waals surface area contributed by atoms with Crippen LogP contribution >= 0.6 is 0 Å². The molecular weight excluding hydrogens is 324 g/mol. The molecule has 2 rings (SSSR count). The third kappa shape index (κ3) is 4.35. The minimum Gasteiger partial charge on any atom is -0.352 e. The van der Waals surface area contributed by atoms with Gasteiger partial charge < -0.3 is 5.32 Å². The molecule has 0 aliphatic carbocycles. The van der Waals surface area contributed by atoms with Gasteiger partial charge in [-0.1, -0.05) is 13.0 Å². The Balaban J connectivity index is 2.17. The van der Waals surface area contributed by atoms with Crippen molar-refractivity contribution in [2.75, 3.05) is 11.3 Å². The quantitative estimate of drug-likeness (QED) is 0.843. The van der Waals surface area contributed by atoms with Gasteiger partial charge in [0.15, 0.2) is 0 Å². The standard InChI is InChI=1S/C18H22N2O3S/c1-4-11-19-18(21)15-6-9-17(10-7-15)24(22,23)20-16-8-5-13(2)14(3)12-16/h5-10,12,20H,4,11H2,1-3H3,(H,19,21). The van der Waals surface area contributed by atoms with E-state index in [4.69, 9.17) is 0 Å². The Morgan fingerprint density at radius 1 is 1.00 bits per heavy atom. The molecule has 0 radical (unpaired) electrons. The maximum absolute atomic E-state index is 12.4. The molecule has 6 heteroatoms. The Hall–Kier alpha value is -2.34. The van der Waals surface area contributed by atoms with Crippen LogP contribution in [-0.4, -0.2) is 20.9 Å². The number of rotatable bonds is 6. The molecule has 0 atom stereocenters. The predicted molar refractivity (Wildman–Crippen MR) is 95.8 cm³/mol. The number of benzene rings is 2.